The van der Waals surface area contributed by atoms with Crippen LogP contribution < -0.4 is 0 Å². The van der Waals surface area contributed by atoms with Gasteiger partial charge in [0.2, 0.25) is 0 Å². The molecule has 1 aromatic carbocycles. The maximum atomic E-state index is 6.36. The Bertz CT molecular complexity index is 726. The molecule has 0 aliphatic heterocycles. The zero-order valence-electron chi connectivity index (χ0n) is 11.8. The summed E-state index contributed by atoms with van der Waals surface area (Å²) >= 11 is 12.4. The summed E-state index contributed by atoms with van der Waals surface area (Å²) in [4.78, 5) is 14.8. The molecule has 0 amide bonds. The molecule has 0 fully saturated rings. The lowest BCUT2D eigenvalue weighted by Gasteiger charge is -2.20. The van der Waals surface area contributed by atoms with Crippen LogP contribution in [0.15, 0.2) is 23.2 Å². The molecule has 0 saturated heterocycles. The van der Waals surface area contributed by atoms with Crippen molar-refractivity contribution >= 4 is 35.5 Å². The number of aromatic nitrogens is 2. The van der Waals surface area contributed by atoms with Gasteiger partial charge in [0.1, 0.15) is 5.15 Å². The van der Waals surface area contributed by atoms with E-state index in [2.05, 4.69) is 15.0 Å². The lowest BCUT2D eigenvalue weighted by atomic mass is 9.89. The van der Waals surface area contributed by atoms with Gasteiger partial charge in [-0.3, -0.25) is 0 Å². The van der Waals surface area contributed by atoms with Gasteiger partial charge in [-0.25, -0.2) is 9.98 Å². The number of aliphatic imine (C=N–C) groups is 1. The number of benzene rings is 1. The van der Waals surface area contributed by atoms with Crippen molar-refractivity contribution in [3.63, 3.8) is 0 Å². The van der Waals surface area contributed by atoms with E-state index in [1.54, 1.807) is 6.34 Å². The summed E-state index contributed by atoms with van der Waals surface area (Å²) in [6.45, 7) is 0. The second-order valence-corrected chi connectivity index (χ2v) is 5.94. The molecule has 2 aromatic rings. The molecule has 0 radical (unpaired) electrons. The van der Waals surface area contributed by atoms with Gasteiger partial charge in [0.05, 0.1) is 12.0 Å². The van der Waals surface area contributed by atoms with Crippen molar-refractivity contribution in [2.75, 3.05) is 14.1 Å². The largest absolute Gasteiger partial charge is 0.369 e. The Balaban J connectivity index is 2.09. The van der Waals surface area contributed by atoms with Crippen LogP contribution in [-0.2, 0) is 12.8 Å². The number of aryl methyl sites for hydroxylation is 2. The zero-order chi connectivity index (χ0) is 15.0. The summed E-state index contributed by atoms with van der Waals surface area (Å²) in [5, 5.41) is 1.18. The van der Waals surface area contributed by atoms with Gasteiger partial charge in [-0.1, -0.05) is 29.3 Å². The third-order valence-corrected chi connectivity index (χ3v) is 3.81. The Morgan fingerprint density at radius 1 is 1.19 bits per heavy atom. The van der Waals surface area contributed by atoms with Crippen LogP contribution in [0.1, 0.15) is 11.3 Å². The van der Waals surface area contributed by atoms with Crippen molar-refractivity contribution in [3.05, 3.63) is 39.6 Å². The monoisotopic (exact) mass is 320 g/mol. The fourth-order valence-corrected chi connectivity index (χ4v) is 2.88. The zero-order valence-corrected chi connectivity index (χ0v) is 13.3. The molecular formula is C15H14Cl2N4. The van der Waals surface area contributed by atoms with Gasteiger partial charge in [-0.2, -0.15) is 4.98 Å². The van der Waals surface area contributed by atoms with Crippen LogP contribution in [0.4, 0.5) is 5.95 Å². The number of rotatable bonds is 2. The fourth-order valence-electron chi connectivity index (χ4n) is 2.40. The van der Waals surface area contributed by atoms with Crippen LogP contribution in [0, 0.1) is 0 Å². The first kappa shape index (κ1) is 14.3. The van der Waals surface area contributed by atoms with E-state index in [1.165, 1.54) is 5.56 Å². The number of fused-ring (bicyclic) bond motifs is 3. The van der Waals surface area contributed by atoms with Crippen LogP contribution in [0.2, 0.25) is 10.2 Å². The van der Waals surface area contributed by atoms with Gasteiger partial charge < -0.3 is 4.90 Å². The standard InChI is InChI=1S/C15H14Cl2N4/c1-21(2)8-18-15-19-12-6-3-9-7-10(16)4-5-11(9)13(12)14(17)20-15/h4-5,7-8H,3,6H2,1-2H3/b18-8-. The molecule has 0 unspecified atom stereocenters. The molecule has 0 bridgehead atoms. The predicted molar refractivity (Wildman–Crippen MR) is 86.7 cm³/mol. The Morgan fingerprint density at radius 2 is 2.00 bits per heavy atom. The summed E-state index contributed by atoms with van der Waals surface area (Å²) in [6, 6.07) is 5.83. The number of hydrogen-bond acceptors (Lipinski definition) is 3. The minimum absolute atomic E-state index is 0.393. The van der Waals surface area contributed by atoms with Crippen LogP contribution in [0.5, 0.6) is 0 Å². The average molecular weight is 321 g/mol. The molecule has 1 aliphatic carbocycles. The van der Waals surface area contributed by atoms with Gasteiger partial charge in [-0.05, 0) is 36.1 Å². The van der Waals surface area contributed by atoms with Crippen molar-refractivity contribution in [2.24, 2.45) is 4.99 Å². The molecule has 1 aliphatic rings. The minimum atomic E-state index is 0.393. The number of nitrogens with zero attached hydrogens (tertiary/aromatic N) is 4. The highest BCUT2D eigenvalue weighted by Crippen LogP contribution is 2.38. The molecule has 0 N–H and O–H groups in total. The maximum absolute atomic E-state index is 6.36. The highest BCUT2D eigenvalue weighted by atomic mass is 35.5. The molecule has 0 spiro atoms. The molecule has 0 saturated carbocycles. The van der Waals surface area contributed by atoms with Gasteiger partial charge in [0.25, 0.3) is 5.95 Å². The lowest BCUT2D eigenvalue weighted by molar-refractivity contribution is 0.642. The third kappa shape index (κ3) is 2.87. The molecule has 1 aromatic heterocycles. The molecule has 3 rings (SSSR count). The minimum Gasteiger partial charge on any atom is -0.369 e. The van der Waals surface area contributed by atoms with Gasteiger partial charge in [-0.15, -0.1) is 0 Å². The first-order chi connectivity index (χ1) is 10.0. The molecule has 21 heavy (non-hydrogen) atoms. The number of halogens is 2. The van der Waals surface area contributed by atoms with Crippen LogP contribution in [-0.4, -0.2) is 35.3 Å². The van der Waals surface area contributed by atoms with E-state index in [1.807, 2.05) is 37.2 Å². The second kappa shape index (κ2) is 5.62. The molecule has 1 heterocycles. The number of hydrogen-bond donors (Lipinski definition) is 0. The SMILES string of the molecule is CN(C)/C=N\c1nc(Cl)c2c(n1)CCc1cc(Cl)ccc1-2. The van der Waals surface area contributed by atoms with Crippen molar-refractivity contribution in [1.29, 1.82) is 0 Å². The molecule has 0 atom stereocenters. The van der Waals surface area contributed by atoms with Crippen LogP contribution in [0.3, 0.4) is 0 Å². The van der Waals surface area contributed by atoms with Gasteiger partial charge in [0, 0.05) is 24.7 Å². The maximum Gasteiger partial charge on any atom is 0.252 e. The molecule has 6 heteroatoms. The van der Waals surface area contributed by atoms with E-state index in [-0.39, 0.29) is 0 Å². The Labute approximate surface area is 133 Å². The lowest BCUT2D eigenvalue weighted by Crippen LogP contribution is -2.09. The topological polar surface area (TPSA) is 41.4 Å². The average Bonchev–Trinajstić information content (AvgIpc) is 2.44. The highest BCUT2D eigenvalue weighted by molar-refractivity contribution is 6.32. The van der Waals surface area contributed by atoms with Crippen molar-refractivity contribution in [3.8, 4) is 11.1 Å². The van der Waals surface area contributed by atoms with Gasteiger partial charge >= 0.3 is 0 Å². The third-order valence-electron chi connectivity index (χ3n) is 3.30. The highest BCUT2D eigenvalue weighted by Gasteiger charge is 2.22. The van der Waals surface area contributed by atoms with E-state index in [4.69, 9.17) is 23.2 Å². The van der Waals surface area contributed by atoms with E-state index in [9.17, 15) is 0 Å². The Hall–Kier alpha value is -1.65. The summed E-state index contributed by atoms with van der Waals surface area (Å²) in [7, 11) is 3.78. The summed E-state index contributed by atoms with van der Waals surface area (Å²) in [6.07, 6.45) is 3.37. The fraction of sp³-hybridized carbons (Fsp3) is 0.267. The Morgan fingerprint density at radius 3 is 2.76 bits per heavy atom. The van der Waals surface area contributed by atoms with E-state index < -0.39 is 0 Å². The van der Waals surface area contributed by atoms with Crippen molar-refractivity contribution in [1.82, 2.24) is 14.9 Å². The van der Waals surface area contributed by atoms with Crippen LogP contribution in [0.25, 0.3) is 11.1 Å². The smallest absolute Gasteiger partial charge is 0.252 e. The molecule has 4 nitrogen and oxygen atoms in total. The normalized spacial score (nSPS) is 13.1. The van der Waals surface area contributed by atoms with E-state index >= 15 is 0 Å². The van der Waals surface area contributed by atoms with Crippen LogP contribution >= 0.6 is 23.2 Å². The molecular weight excluding hydrogens is 307 g/mol. The van der Waals surface area contributed by atoms with Gasteiger partial charge in [0.15, 0.2) is 0 Å². The summed E-state index contributed by atoms with van der Waals surface area (Å²) in [5.41, 5.74) is 4.09. The first-order valence-electron chi connectivity index (χ1n) is 6.60. The second-order valence-electron chi connectivity index (χ2n) is 5.15. The molecule has 108 valence electrons. The van der Waals surface area contributed by atoms with E-state index in [0.29, 0.717) is 11.1 Å². The first-order valence-corrected chi connectivity index (χ1v) is 7.36. The summed E-state index contributed by atoms with van der Waals surface area (Å²) in [5.74, 6) is 0.393. The summed E-state index contributed by atoms with van der Waals surface area (Å²) < 4.78 is 0. The quantitative estimate of drug-likeness (QED) is 0.480. The van der Waals surface area contributed by atoms with Crippen molar-refractivity contribution in [2.45, 2.75) is 12.8 Å². The van der Waals surface area contributed by atoms with Crippen molar-refractivity contribution < 1.29 is 0 Å². The predicted octanol–water partition coefficient (Wildman–Crippen LogP) is 3.77. The van der Waals surface area contributed by atoms with E-state index in [0.717, 1.165) is 34.7 Å². The Kier molecular flexibility index (Phi) is 3.83.